The molecule has 5 heteroatoms. The van der Waals surface area contributed by atoms with Gasteiger partial charge < -0.3 is 5.32 Å². The highest BCUT2D eigenvalue weighted by Crippen LogP contribution is 2.18. The van der Waals surface area contributed by atoms with Gasteiger partial charge in [-0.2, -0.15) is 0 Å². The molecular formula is C7H9F2N3. The average Bonchev–Trinajstić information content (AvgIpc) is 2.05. The molecule has 1 heterocycles. The number of halogens is 2. The highest BCUT2D eigenvalue weighted by atomic mass is 19.3. The van der Waals surface area contributed by atoms with Crippen molar-refractivity contribution in [3.05, 3.63) is 23.8 Å². The third-order valence-corrected chi connectivity index (χ3v) is 1.40. The molecule has 1 aromatic rings. The molecule has 0 fully saturated rings. The fraction of sp³-hybridized carbons (Fsp3) is 0.429. The Bertz CT molecular complexity index is 252. The van der Waals surface area contributed by atoms with Crippen LogP contribution >= 0.6 is 0 Å². The fourth-order valence-electron chi connectivity index (χ4n) is 0.891. The van der Waals surface area contributed by atoms with Gasteiger partial charge in [-0.1, -0.05) is 0 Å². The molecular weight excluding hydrogens is 164 g/mol. The summed E-state index contributed by atoms with van der Waals surface area (Å²) in [6.07, 6.45) is -0.0117. The van der Waals surface area contributed by atoms with Crippen LogP contribution in [0.1, 0.15) is 17.7 Å². The second-order valence-corrected chi connectivity index (χ2v) is 2.26. The molecule has 0 aromatic carbocycles. The molecule has 0 saturated heterocycles. The largest absolute Gasteiger partial charge is 0.316 e. The van der Waals surface area contributed by atoms with Gasteiger partial charge in [-0.3, -0.25) is 0 Å². The summed E-state index contributed by atoms with van der Waals surface area (Å²) in [4.78, 5) is 7.16. The van der Waals surface area contributed by atoms with Gasteiger partial charge >= 0.3 is 0 Å². The number of aromatic nitrogens is 2. The minimum absolute atomic E-state index is 0.195. The van der Waals surface area contributed by atoms with Gasteiger partial charge in [0.1, 0.15) is 12.0 Å². The summed E-state index contributed by atoms with van der Waals surface area (Å²) in [5, 5.41) is 2.77. The number of nitrogens with one attached hydrogen (secondary N) is 1. The number of nitrogens with zero attached hydrogens (tertiary/aromatic N) is 2. The molecule has 0 atom stereocenters. The molecule has 3 nitrogen and oxygen atoms in total. The van der Waals surface area contributed by atoms with Crippen molar-refractivity contribution in [2.75, 3.05) is 7.05 Å². The predicted molar refractivity (Wildman–Crippen MR) is 39.8 cm³/mol. The zero-order valence-electron chi connectivity index (χ0n) is 6.59. The highest BCUT2D eigenvalue weighted by Gasteiger charge is 2.13. The molecule has 0 aliphatic rings. The van der Waals surface area contributed by atoms with Gasteiger partial charge in [-0.25, -0.2) is 18.7 Å². The van der Waals surface area contributed by atoms with E-state index in [0.717, 1.165) is 6.33 Å². The Labute approximate surface area is 68.8 Å². The normalized spacial score (nSPS) is 10.7. The quantitative estimate of drug-likeness (QED) is 0.744. The molecule has 0 aliphatic heterocycles. The summed E-state index contributed by atoms with van der Waals surface area (Å²) in [5.74, 6) is 0. The first kappa shape index (κ1) is 8.99. The Morgan fingerprint density at radius 1 is 1.58 bits per heavy atom. The number of rotatable bonds is 3. The van der Waals surface area contributed by atoms with E-state index >= 15 is 0 Å². The van der Waals surface area contributed by atoms with E-state index in [1.807, 2.05) is 0 Å². The van der Waals surface area contributed by atoms with Gasteiger partial charge in [-0.15, -0.1) is 0 Å². The molecule has 1 aromatic heterocycles. The van der Waals surface area contributed by atoms with Crippen molar-refractivity contribution in [1.82, 2.24) is 15.3 Å². The first-order valence-electron chi connectivity index (χ1n) is 3.47. The molecule has 1 N–H and O–H groups in total. The lowest BCUT2D eigenvalue weighted by Gasteiger charge is -2.04. The summed E-state index contributed by atoms with van der Waals surface area (Å²) in [6.45, 7) is 0.362. The van der Waals surface area contributed by atoms with Gasteiger partial charge in [-0.05, 0) is 7.05 Å². The van der Waals surface area contributed by atoms with E-state index in [-0.39, 0.29) is 5.69 Å². The van der Waals surface area contributed by atoms with Crippen molar-refractivity contribution in [2.24, 2.45) is 0 Å². The van der Waals surface area contributed by atoms with E-state index in [0.29, 0.717) is 12.1 Å². The topological polar surface area (TPSA) is 37.8 Å². The van der Waals surface area contributed by atoms with Crippen LogP contribution in [0.15, 0.2) is 12.5 Å². The Morgan fingerprint density at radius 3 is 2.92 bits per heavy atom. The lowest BCUT2D eigenvalue weighted by molar-refractivity contribution is 0.144. The second-order valence-electron chi connectivity index (χ2n) is 2.26. The molecule has 0 unspecified atom stereocenters. The number of hydrogen-bond donors (Lipinski definition) is 1. The second kappa shape index (κ2) is 4.06. The van der Waals surface area contributed by atoms with Gasteiger partial charge in [0.25, 0.3) is 6.43 Å². The molecule has 1 rings (SSSR count). The van der Waals surface area contributed by atoms with Crippen LogP contribution in [-0.4, -0.2) is 17.0 Å². The van der Waals surface area contributed by atoms with Crippen molar-refractivity contribution in [3.63, 3.8) is 0 Å². The van der Waals surface area contributed by atoms with Gasteiger partial charge in [0.05, 0.1) is 0 Å². The lowest BCUT2D eigenvalue weighted by atomic mass is 10.2. The van der Waals surface area contributed by atoms with E-state index in [2.05, 4.69) is 15.3 Å². The first-order chi connectivity index (χ1) is 5.75. The fourth-order valence-corrected chi connectivity index (χ4v) is 0.891. The number of hydrogen-bond acceptors (Lipinski definition) is 3. The van der Waals surface area contributed by atoms with Crippen LogP contribution in [0.2, 0.25) is 0 Å². The Hall–Kier alpha value is -1.10. The van der Waals surface area contributed by atoms with Crippen molar-refractivity contribution >= 4 is 0 Å². The van der Waals surface area contributed by atoms with Crippen LogP contribution in [0.4, 0.5) is 8.78 Å². The minimum atomic E-state index is -2.53. The number of alkyl halides is 2. The van der Waals surface area contributed by atoms with Crippen LogP contribution in [0.3, 0.4) is 0 Å². The molecule has 0 saturated carbocycles. The van der Waals surface area contributed by atoms with E-state index in [4.69, 9.17) is 0 Å². The molecule has 12 heavy (non-hydrogen) atoms. The smallest absolute Gasteiger partial charge is 0.280 e. The maximum absolute atomic E-state index is 12.2. The maximum Gasteiger partial charge on any atom is 0.280 e. The van der Waals surface area contributed by atoms with Gasteiger partial charge in [0.2, 0.25) is 0 Å². The zero-order chi connectivity index (χ0) is 8.97. The van der Waals surface area contributed by atoms with Crippen molar-refractivity contribution < 1.29 is 8.78 Å². The first-order valence-corrected chi connectivity index (χ1v) is 3.47. The van der Waals surface area contributed by atoms with E-state index in [9.17, 15) is 8.78 Å². The SMILES string of the molecule is CNCc1cncnc1C(F)F. The van der Waals surface area contributed by atoms with Crippen molar-refractivity contribution in [3.8, 4) is 0 Å². The predicted octanol–water partition coefficient (Wildman–Crippen LogP) is 1.13. The minimum Gasteiger partial charge on any atom is -0.316 e. The molecule has 0 radical (unpaired) electrons. The molecule has 0 aliphatic carbocycles. The van der Waals surface area contributed by atoms with Gasteiger partial charge in [0.15, 0.2) is 0 Å². The van der Waals surface area contributed by atoms with E-state index < -0.39 is 6.43 Å². The van der Waals surface area contributed by atoms with Crippen LogP contribution in [0.25, 0.3) is 0 Å². The van der Waals surface area contributed by atoms with Crippen LogP contribution in [0.5, 0.6) is 0 Å². The monoisotopic (exact) mass is 173 g/mol. The third kappa shape index (κ3) is 1.94. The Morgan fingerprint density at radius 2 is 2.33 bits per heavy atom. The highest BCUT2D eigenvalue weighted by molar-refractivity contribution is 5.16. The summed E-state index contributed by atoms with van der Waals surface area (Å²) < 4.78 is 24.5. The van der Waals surface area contributed by atoms with E-state index in [1.165, 1.54) is 6.20 Å². The van der Waals surface area contributed by atoms with Crippen molar-refractivity contribution in [2.45, 2.75) is 13.0 Å². The third-order valence-electron chi connectivity index (χ3n) is 1.40. The molecule has 66 valence electrons. The summed E-state index contributed by atoms with van der Waals surface area (Å²) in [5.41, 5.74) is 0.245. The maximum atomic E-state index is 12.2. The summed E-state index contributed by atoms with van der Waals surface area (Å²) >= 11 is 0. The van der Waals surface area contributed by atoms with Crippen LogP contribution in [-0.2, 0) is 6.54 Å². The average molecular weight is 173 g/mol. The Balaban J connectivity index is 2.92. The van der Waals surface area contributed by atoms with E-state index in [1.54, 1.807) is 7.05 Å². The zero-order valence-corrected chi connectivity index (χ0v) is 6.59. The van der Waals surface area contributed by atoms with Crippen molar-refractivity contribution in [1.29, 1.82) is 0 Å². The molecule has 0 spiro atoms. The lowest BCUT2D eigenvalue weighted by Crippen LogP contribution is -2.09. The Kier molecular flexibility index (Phi) is 3.04. The standard InChI is InChI=1S/C7H9F2N3/c1-10-2-5-3-11-4-12-6(5)7(8)9/h3-4,7,10H,2H2,1H3. The molecule has 0 amide bonds. The van der Waals surface area contributed by atoms with Crippen LogP contribution in [0, 0.1) is 0 Å². The van der Waals surface area contributed by atoms with Crippen LogP contribution < -0.4 is 5.32 Å². The summed E-state index contributed by atoms with van der Waals surface area (Å²) in [6, 6.07) is 0. The van der Waals surface area contributed by atoms with Gasteiger partial charge in [0, 0.05) is 18.3 Å². The summed E-state index contributed by atoms with van der Waals surface area (Å²) in [7, 11) is 1.68. The molecule has 0 bridgehead atoms.